The minimum atomic E-state index is 0.0264. The third kappa shape index (κ3) is 3.80. The van der Waals surface area contributed by atoms with Crippen LogP contribution in [0.1, 0.15) is 37.7 Å². The van der Waals surface area contributed by atoms with E-state index in [1.54, 1.807) is 0 Å². The number of benzene rings is 1. The van der Waals surface area contributed by atoms with Crippen molar-refractivity contribution in [3.63, 3.8) is 0 Å². The van der Waals surface area contributed by atoms with Crippen molar-refractivity contribution < 1.29 is 9.90 Å². The molecule has 0 unspecified atom stereocenters. The Labute approximate surface area is 115 Å². The van der Waals surface area contributed by atoms with E-state index in [-0.39, 0.29) is 18.4 Å². The first kappa shape index (κ1) is 14.1. The second-order valence-electron chi connectivity index (χ2n) is 5.56. The lowest BCUT2D eigenvalue weighted by atomic mass is 9.99. The van der Waals surface area contributed by atoms with Gasteiger partial charge in [-0.05, 0) is 24.3 Å². The Bertz CT molecular complexity index is 404. The summed E-state index contributed by atoms with van der Waals surface area (Å²) < 4.78 is 0. The van der Waals surface area contributed by atoms with Crippen molar-refractivity contribution in [3.8, 4) is 0 Å². The molecule has 1 aromatic rings. The predicted molar refractivity (Wildman–Crippen MR) is 75.9 cm³/mol. The Kier molecular flexibility index (Phi) is 4.97. The van der Waals surface area contributed by atoms with Gasteiger partial charge in [0.15, 0.2) is 0 Å². The minimum Gasteiger partial charge on any atom is -0.396 e. The average molecular weight is 261 g/mol. The van der Waals surface area contributed by atoms with E-state index in [4.69, 9.17) is 0 Å². The largest absolute Gasteiger partial charge is 0.396 e. The second kappa shape index (κ2) is 6.71. The Morgan fingerprint density at radius 3 is 2.74 bits per heavy atom. The fraction of sp³-hybridized carbons (Fsp3) is 0.562. The molecule has 1 aromatic carbocycles. The molecule has 0 radical (unpaired) electrons. The van der Waals surface area contributed by atoms with Gasteiger partial charge in [-0.15, -0.1) is 0 Å². The van der Waals surface area contributed by atoms with Crippen LogP contribution in [0.15, 0.2) is 30.3 Å². The number of nitrogens with zero attached hydrogens (tertiary/aromatic N) is 1. The van der Waals surface area contributed by atoms with Crippen LogP contribution in [0, 0.1) is 5.92 Å². The molecule has 3 nitrogen and oxygen atoms in total. The molecule has 0 aliphatic carbocycles. The number of carbonyl (C=O) groups excluding carboxylic acids is 1. The van der Waals surface area contributed by atoms with Crippen LogP contribution in [0.25, 0.3) is 0 Å². The van der Waals surface area contributed by atoms with Gasteiger partial charge in [-0.2, -0.15) is 0 Å². The highest BCUT2D eigenvalue weighted by Gasteiger charge is 2.23. The molecule has 104 valence electrons. The lowest BCUT2D eigenvalue weighted by Crippen LogP contribution is -2.35. The van der Waals surface area contributed by atoms with E-state index < -0.39 is 0 Å². The molecule has 3 heteroatoms. The maximum Gasteiger partial charge on any atom is 0.222 e. The van der Waals surface area contributed by atoms with Crippen molar-refractivity contribution in [1.29, 1.82) is 0 Å². The van der Waals surface area contributed by atoms with Crippen molar-refractivity contribution in [3.05, 3.63) is 35.9 Å². The SMILES string of the molecule is C[C@@H]1CCC(=O)N(C[C@H](CO)c2ccccc2)CC1. The number of aliphatic hydroxyl groups is 1. The van der Waals surface area contributed by atoms with Crippen LogP contribution in [0.5, 0.6) is 0 Å². The Balaban J connectivity index is 2.03. The van der Waals surface area contributed by atoms with Gasteiger partial charge in [-0.1, -0.05) is 37.3 Å². The van der Waals surface area contributed by atoms with Crippen LogP contribution >= 0.6 is 0 Å². The fourth-order valence-electron chi connectivity index (χ4n) is 2.63. The molecule has 1 aliphatic heterocycles. The first-order chi connectivity index (χ1) is 9.20. The van der Waals surface area contributed by atoms with Crippen molar-refractivity contribution >= 4 is 5.91 Å². The van der Waals surface area contributed by atoms with Crippen LogP contribution < -0.4 is 0 Å². The van der Waals surface area contributed by atoms with E-state index in [0.717, 1.165) is 24.9 Å². The van der Waals surface area contributed by atoms with Crippen LogP contribution in [-0.4, -0.2) is 35.6 Å². The molecular weight excluding hydrogens is 238 g/mol. The zero-order valence-corrected chi connectivity index (χ0v) is 11.6. The van der Waals surface area contributed by atoms with Crippen LogP contribution in [0.3, 0.4) is 0 Å². The second-order valence-corrected chi connectivity index (χ2v) is 5.56. The van der Waals surface area contributed by atoms with Gasteiger partial charge in [-0.25, -0.2) is 0 Å². The topological polar surface area (TPSA) is 40.5 Å². The van der Waals surface area contributed by atoms with E-state index in [0.29, 0.717) is 18.9 Å². The number of likely N-dealkylation sites (tertiary alicyclic amines) is 1. The predicted octanol–water partition coefficient (Wildman–Crippen LogP) is 2.41. The third-order valence-electron chi connectivity index (χ3n) is 4.03. The number of carbonyl (C=O) groups is 1. The third-order valence-corrected chi connectivity index (χ3v) is 4.03. The molecule has 0 saturated carbocycles. The molecule has 2 rings (SSSR count). The van der Waals surface area contributed by atoms with Gasteiger partial charge in [0.1, 0.15) is 0 Å². The number of amides is 1. The van der Waals surface area contributed by atoms with Gasteiger partial charge in [0.25, 0.3) is 0 Å². The van der Waals surface area contributed by atoms with Crippen molar-refractivity contribution in [1.82, 2.24) is 4.90 Å². The van der Waals surface area contributed by atoms with Crippen molar-refractivity contribution in [2.45, 2.75) is 32.1 Å². The van der Waals surface area contributed by atoms with E-state index >= 15 is 0 Å². The molecule has 19 heavy (non-hydrogen) atoms. The molecule has 2 atom stereocenters. The quantitative estimate of drug-likeness (QED) is 0.904. The standard InChI is InChI=1S/C16H23NO2/c1-13-7-8-16(19)17(10-9-13)11-15(12-18)14-5-3-2-4-6-14/h2-6,13,15,18H,7-12H2,1H3/t13-,15-/m1/s1. The molecule has 1 N–H and O–H groups in total. The van der Waals surface area contributed by atoms with E-state index in [1.807, 2.05) is 35.2 Å². The van der Waals surface area contributed by atoms with Gasteiger partial charge in [0, 0.05) is 25.4 Å². The summed E-state index contributed by atoms with van der Waals surface area (Å²) in [5.74, 6) is 0.885. The summed E-state index contributed by atoms with van der Waals surface area (Å²) in [7, 11) is 0. The number of hydrogen-bond acceptors (Lipinski definition) is 2. The van der Waals surface area contributed by atoms with Gasteiger partial charge in [-0.3, -0.25) is 4.79 Å². The maximum absolute atomic E-state index is 12.1. The summed E-state index contributed by atoms with van der Waals surface area (Å²) in [4.78, 5) is 14.0. The number of aliphatic hydroxyl groups excluding tert-OH is 1. The molecule has 1 fully saturated rings. The summed E-state index contributed by atoms with van der Waals surface area (Å²) in [6.45, 7) is 3.75. The lowest BCUT2D eigenvalue weighted by molar-refractivity contribution is -0.131. The normalized spacial score (nSPS) is 22.1. The molecule has 0 aromatic heterocycles. The molecule has 1 aliphatic rings. The zero-order chi connectivity index (χ0) is 13.7. The zero-order valence-electron chi connectivity index (χ0n) is 11.6. The molecule has 1 heterocycles. The Hall–Kier alpha value is -1.35. The summed E-state index contributed by atoms with van der Waals surface area (Å²) in [6, 6.07) is 9.96. The summed E-state index contributed by atoms with van der Waals surface area (Å²) in [6.07, 6.45) is 2.71. The molecule has 1 amide bonds. The first-order valence-corrected chi connectivity index (χ1v) is 7.14. The number of rotatable bonds is 4. The molecule has 1 saturated heterocycles. The van der Waals surface area contributed by atoms with Crippen molar-refractivity contribution in [2.75, 3.05) is 19.7 Å². The van der Waals surface area contributed by atoms with Gasteiger partial charge < -0.3 is 10.0 Å². The summed E-state index contributed by atoms with van der Waals surface area (Å²) in [5.41, 5.74) is 1.11. The maximum atomic E-state index is 12.1. The smallest absolute Gasteiger partial charge is 0.222 e. The lowest BCUT2D eigenvalue weighted by Gasteiger charge is -2.26. The fourth-order valence-corrected chi connectivity index (χ4v) is 2.63. The van der Waals surface area contributed by atoms with E-state index in [9.17, 15) is 9.90 Å². The Morgan fingerprint density at radius 1 is 1.32 bits per heavy atom. The van der Waals surface area contributed by atoms with Crippen LogP contribution in [0.2, 0.25) is 0 Å². The van der Waals surface area contributed by atoms with E-state index in [1.165, 1.54) is 0 Å². The van der Waals surface area contributed by atoms with Crippen molar-refractivity contribution in [2.24, 2.45) is 5.92 Å². The van der Waals surface area contributed by atoms with Gasteiger partial charge >= 0.3 is 0 Å². The monoisotopic (exact) mass is 261 g/mol. The average Bonchev–Trinajstić information content (AvgIpc) is 2.60. The number of hydrogen-bond donors (Lipinski definition) is 1. The molecule has 0 spiro atoms. The summed E-state index contributed by atoms with van der Waals surface area (Å²) >= 11 is 0. The Morgan fingerprint density at radius 2 is 2.05 bits per heavy atom. The highest BCUT2D eigenvalue weighted by Crippen LogP contribution is 2.22. The highest BCUT2D eigenvalue weighted by molar-refractivity contribution is 5.76. The molecular formula is C16H23NO2. The highest BCUT2D eigenvalue weighted by atomic mass is 16.3. The van der Waals surface area contributed by atoms with Gasteiger partial charge in [0.2, 0.25) is 5.91 Å². The van der Waals surface area contributed by atoms with Crippen LogP contribution in [0.4, 0.5) is 0 Å². The molecule has 0 bridgehead atoms. The minimum absolute atomic E-state index is 0.0264. The summed E-state index contributed by atoms with van der Waals surface area (Å²) in [5, 5.41) is 9.58. The van der Waals surface area contributed by atoms with Crippen LogP contribution in [-0.2, 0) is 4.79 Å². The van der Waals surface area contributed by atoms with E-state index in [2.05, 4.69) is 6.92 Å². The van der Waals surface area contributed by atoms with Gasteiger partial charge in [0.05, 0.1) is 6.61 Å². The first-order valence-electron chi connectivity index (χ1n) is 7.14.